The molecule has 0 heterocycles. The second-order valence-electron chi connectivity index (χ2n) is 6.49. The summed E-state index contributed by atoms with van der Waals surface area (Å²) in [6, 6.07) is 0. The van der Waals surface area contributed by atoms with Crippen LogP contribution >= 0.6 is 0 Å². The molecule has 0 radical (unpaired) electrons. The van der Waals surface area contributed by atoms with Crippen LogP contribution in [0.15, 0.2) is 0 Å². The molecular formula is C20H38O4Sr. The first kappa shape index (κ1) is 30.2. The number of unbranched alkanes of at least 4 members (excludes halogenated alkanes) is 12. The molecule has 0 bridgehead atoms. The Labute approximate surface area is 192 Å². The van der Waals surface area contributed by atoms with Gasteiger partial charge in [-0.3, -0.25) is 0 Å². The van der Waals surface area contributed by atoms with Crippen molar-refractivity contribution in [3.63, 3.8) is 0 Å². The summed E-state index contributed by atoms with van der Waals surface area (Å²) < 4.78 is 0. The van der Waals surface area contributed by atoms with Crippen molar-refractivity contribution in [1.82, 2.24) is 0 Å². The first-order valence-electron chi connectivity index (χ1n) is 9.94. The molecule has 0 aromatic carbocycles. The van der Waals surface area contributed by atoms with E-state index < -0.39 is 11.9 Å². The van der Waals surface area contributed by atoms with Gasteiger partial charge in [-0.15, -0.1) is 0 Å². The summed E-state index contributed by atoms with van der Waals surface area (Å²) in [5, 5.41) is 20.0. The van der Waals surface area contributed by atoms with Crippen molar-refractivity contribution < 1.29 is 19.8 Å². The van der Waals surface area contributed by atoms with Gasteiger partial charge >= 0.3 is 45.5 Å². The van der Waals surface area contributed by atoms with Gasteiger partial charge in [0.2, 0.25) is 0 Å². The van der Waals surface area contributed by atoms with Crippen LogP contribution in [0.25, 0.3) is 0 Å². The van der Waals surface area contributed by atoms with Gasteiger partial charge in [-0.05, 0) is 25.7 Å². The Hall–Kier alpha value is 0.421. The van der Waals surface area contributed by atoms with Crippen molar-refractivity contribution in [2.24, 2.45) is 0 Å². The van der Waals surface area contributed by atoms with E-state index in [1.807, 2.05) is 0 Å². The van der Waals surface area contributed by atoms with Crippen molar-refractivity contribution in [2.75, 3.05) is 0 Å². The molecule has 0 fully saturated rings. The average molecular weight is 430 g/mol. The number of aliphatic carboxylic acids is 2. The Morgan fingerprint density at radius 3 is 1.00 bits per heavy atom. The van der Waals surface area contributed by atoms with Crippen LogP contribution < -0.4 is 10.2 Å². The van der Waals surface area contributed by atoms with Gasteiger partial charge in [-0.25, -0.2) is 0 Å². The van der Waals surface area contributed by atoms with E-state index in [2.05, 4.69) is 13.8 Å². The predicted octanol–water partition coefficient (Wildman–Crippen LogP) is 3.37. The number of rotatable bonds is 16. The van der Waals surface area contributed by atoms with Crippen LogP contribution in [0.5, 0.6) is 0 Å². The van der Waals surface area contributed by atoms with E-state index in [1.165, 1.54) is 64.2 Å². The van der Waals surface area contributed by atoms with E-state index in [0.717, 1.165) is 25.7 Å². The zero-order chi connectivity index (χ0) is 18.5. The van der Waals surface area contributed by atoms with Crippen LogP contribution in [-0.2, 0) is 9.59 Å². The third-order valence-electron chi connectivity index (χ3n) is 3.97. The van der Waals surface area contributed by atoms with E-state index in [0.29, 0.717) is 0 Å². The molecule has 4 nitrogen and oxygen atoms in total. The van der Waals surface area contributed by atoms with Gasteiger partial charge in [0.25, 0.3) is 0 Å². The molecule has 25 heavy (non-hydrogen) atoms. The minimum absolute atomic E-state index is 0. The smallest absolute Gasteiger partial charge is 0.550 e. The molecule has 0 aliphatic carbocycles. The van der Waals surface area contributed by atoms with E-state index in [9.17, 15) is 19.8 Å². The average Bonchev–Trinajstić information content (AvgIpc) is 2.53. The molecule has 0 N–H and O–H groups in total. The van der Waals surface area contributed by atoms with Gasteiger partial charge in [0.1, 0.15) is 0 Å². The molecule has 0 amide bonds. The summed E-state index contributed by atoms with van der Waals surface area (Å²) >= 11 is 0. The first-order valence-corrected chi connectivity index (χ1v) is 9.94. The number of carbonyl (C=O) groups excluding carboxylic acids is 2. The molecule has 0 aromatic heterocycles. The van der Waals surface area contributed by atoms with E-state index >= 15 is 0 Å². The summed E-state index contributed by atoms with van der Waals surface area (Å²) in [5.41, 5.74) is 0. The fraction of sp³-hybridized carbons (Fsp3) is 0.900. The quantitative estimate of drug-likeness (QED) is 0.278. The molecule has 0 atom stereocenters. The zero-order valence-corrected chi connectivity index (χ0v) is 20.1. The van der Waals surface area contributed by atoms with Crippen molar-refractivity contribution >= 4 is 57.4 Å². The van der Waals surface area contributed by atoms with E-state index in [1.54, 1.807) is 0 Å². The Balaban J connectivity index is -0.000000372. The Kier molecular flexibility index (Phi) is 32.1. The normalized spacial score (nSPS) is 9.68. The fourth-order valence-corrected chi connectivity index (χ4v) is 2.45. The van der Waals surface area contributed by atoms with Crippen molar-refractivity contribution in [3.8, 4) is 0 Å². The van der Waals surface area contributed by atoms with Crippen LogP contribution in [0.4, 0.5) is 0 Å². The fourth-order valence-electron chi connectivity index (χ4n) is 2.45. The summed E-state index contributed by atoms with van der Waals surface area (Å²) in [6.45, 7) is 4.38. The van der Waals surface area contributed by atoms with E-state index in [4.69, 9.17) is 0 Å². The van der Waals surface area contributed by atoms with Gasteiger partial charge in [-0.2, -0.15) is 0 Å². The standard InChI is InChI=1S/2C10H20O2.Sr/c2*1-2-3-4-5-6-7-8-9-10(11)12;/h2*2-9H2,1H3,(H,11,12);/q;;+2/p-2. The molecule has 5 heteroatoms. The molecule has 0 aliphatic rings. The molecule has 0 saturated heterocycles. The van der Waals surface area contributed by atoms with E-state index in [-0.39, 0.29) is 58.3 Å². The van der Waals surface area contributed by atoms with Crippen LogP contribution in [0.1, 0.15) is 117 Å². The molecule has 0 spiro atoms. The summed E-state index contributed by atoms with van der Waals surface area (Å²) in [4.78, 5) is 20.0. The maximum atomic E-state index is 10.0. The molecule has 0 aromatic rings. The second-order valence-corrected chi connectivity index (χ2v) is 6.49. The molecule has 144 valence electrons. The van der Waals surface area contributed by atoms with Crippen molar-refractivity contribution in [1.29, 1.82) is 0 Å². The van der Waals surface area contributed by atoms with Crippen LogP contribution in [0.3, 0.4) is 0 Å². The van der Waals surface area contributed by atoms with Gasteiger partial charge < -0.3 is 19.8 Å². The molecule has 0 aliphatic heterocycles. The number of hydrogen-bond acceptors (Lipinski definition) is 4. The predicted molar refractivity (Wildman–Crippen MR) is 101 cm³/mol. The SMILES string of the molecule is CCCCCCCCCC(=O)[O-].CCCCCCCCCC(=O)[O-].[Sr+2]. The van der Waals surface area contributed by atoms with Crippen molar-refractivity contribution in [2.45, 2.75) is 117 Å². The Morgan fingerprint density at radius 1 is 0.520 bits per heavy atom. The number of carbonyl (C=O) groups is 2. The maximum Gasteiger partial charge on any atom is 2.00 e. The Morgan fingerprint density at radius 2 is 0.760 bits per heavy atom. The van der Waals surface area contributed by atoms with Gasteiger partial charge in [0.05, 0.1) is 0 Å². The molecule has 0 rings (SSSR count). The van der Waals surface area contributed by atoms with Crippen molar-refractivity contribution in [3.05, 3.63) is 0 Å². The summed E-state index contributed by atoms with van der Waals surface area (Å²) in [6.07, 6.45) is 16.7. The molecular weight excluding hydrogens is 392 g/mol. The zero-order valence-electron chi connectivity index (χ0n) is 16.7. The first-order chi connectivity index (χ1) is 11.5. The third kappa shape index (κ3) is 36.2. The van der Waals surface area contributed by atoms with Crippen LogP contribution in [-0.4, -0.2) is 57.4 Å². The minimum Gasteiger partial charge on any atom is -0.550 e. The topological polar surface area (TPSA) is 80.3 Å². The Bertz CT molecular complexity index is 255. The monoisotopic (exact) mass is 430 g/mol. The summed E-state index contributed by atoms with van der Waals surface area (Å²) in [7, 11) is 0. The molecule has 0 saturated carbocycles. The third-order valence-corrected chi connectivity index (χ3v) is 3.97. The number of carboxylic acid groups (broad SMARTS) is 2. The van der Waals surface area contributed by atoms with Crippen LogP contribution in [0, 0.1) is 0 Å². The number of carboxylic acids is 2. The van der Waals surface area contributed by atoms with Crippen LogP contribution in [0.2, 0.25) is 0 Å². The number of hydrogen-bond donors (Lipinski definition) is 0. The van der Waals surface area contributed by atoms with Gasteiger partial charge in [0.15, 0.2) is 0 Å². The van der Waals surface area contributed by atoms with Gasteiger partial charge in [-0.1, -0.05) is 90.9 Å². The van der Waals surface area contributed by atoms with Gasteiger partial charge in [0, 0.05) is 11.9 Å². The maximum absolute atomic E-state index is 10.0. The second kappa shape index (κ2) is 26.6. The largest absolute Gasteiger partial charge is 2.00 e. The minimum atomic E-state index is -0.913. The summed E-state index contributed by atoms with van der Waals surface area (Å²) in [5.74, 6) is -1.83. The molecule has 0 unspecified atom stereocenters.